The summed E-state index contributed by atoms with van der Waals surface area (Å²) in [6, 6.07) is 4.68. The summed E-state index contributed by atoms with van der Waals surface area (Å²) in [6.45, 7) is 8.10. The first-order chi connectivity index (χ1) is 7.44. The van der Waals surface area contributed by atoms with E-state index >= 15 is 0 Å². The topological polar surface area (TPSA) is 52.5 Å². The Hall–Kier alpha value is -1.22. The average Bonchev–Trinajstić information content (AvgIpc) is 2.21. The summed E-state index contributed by atoms with van der Waals surface area (Å²) in [5.41, 5.74) is 1.08. The quantitative estimate of drug-likeness (QED) is 0.719. The van der Waals surface area contributed by atoms with Crippen LogP contribution in [-0.2, 0) is 6.54 Å². The van der Waals surface area contributed by atoms with Crippen molar-refractivity contribution in [3.8, 4) is 11.5 Å². The van der Waals surface area contributed by atoms with Crippen molar-refractivity contribution in [1.82, 2.24) is 5.32 Å². The van der Waals surface area contributed by atoms with Gasteiger partial charge in [-0.15, -0.1) is 0 Å². The largest absolute Gasteiger partial charge is 0.508 e. The van der Waals surface area contributed by atoms with Crippen LogP contribution in [0.2, 0.25) is 0 Å². The van der Waals surface area contributed by atoms with Gasteiger partial charge in [-0.3, -0.25) is 0 Å². The van der Waals surface area contributed by atoms with Gasteiger partial charge in [0.05, 0.1) is 0 Å². The van der Waals surface area contributed by atoms with Crippen molar-refractivity contribution >= 4 is 0 Å². The van der Waals surface area contributed by atoms with E-state index in [-0.39, 0.29) is 16.9 Å². The van der Waals surface area contributed by atoms with Gasteiger partial charge in [0.15, 0.2) is 0 Å². The molecule has 0 radical (unpaired) electrons. The van der Waals surface area contributed by atoms with Gasteiger partial charge in [0.2, 0.25) is 0 Å². The Balaban J connectivity index is 2.49. The van der Waals surface area contributed by atoms with Gasteiger partial charge in [-0.2, -0.15) is 0 Å². The zero-order chi connectivity index (χ0) is 12.2. The third-order valence-corrected chi connectivity index (χ3v) is 2.94. The minimum atomic E-state index is 0.0927. The fourth-order valence-electron chi connectivity index (χ4n) is 1.36. The molecule has 0 bridgehead atoms. The first kappa shape index (κ1) is 12.8. The summed E-state index contributed by atoms with van der Waals surface area (Å²) < 4.78 is 0. The van der Waals surface area contributed by atoms with Crippen LogP contribution in [0.4, 0.5) is 0 Å². The van der Waals surface area contributed by atoms with Crippen LogP contribution in [0.15, 0.2) is 18.2 Å². The van der Waals surface area contributed by atoms with Crippen molar-refractivity contribution < 1.29 is 10.2 Å². The predicted molar refractivity (Wildman–Crippen MR) is 65.6 cm³/mol. The summed E-state index contributed by atoms with van der Waals surface area (Å²) in [4.78, 5) is 0. The van der Waals surface area contributed by atoms with Gasteiger partial charge in [0, 0.05) is 24.7 Å². The highest BCUT2D eigenvalue weighted by Crippen LogP contribution is 2.23. The minimum Gasteiger partial charge on any atom is -0.508 e. The van der Waals surface area contributed by atoms with Crippen LogP contribution in [0, 0.1) is 5.41 Å². The van der Waals surface area contributed by atoms with Crippen molar-refractivity contribution in [1.29, 1.82) is 0 Å². The highest BCUT2D eigenvalue weighted by atomic mass is 16.3. The van der Waals surface area contributed by atoms with E-state index in [9.17, 15) is 5.11 Å². The van der Waals surface area contributed by atoms with Crippen LogP contribution in [0.5, 0.6) is 11.5 Å². The molecule has 0 aliphatic rings. The van der Waals surface area contributed by atoms with Gasteiger partial charge in [0.25, 0.3) is 0 Å². The first-order valence-corrected chi connectivity index (χ1v) is 5.66. The molecule has 90 valence electrons. The molecule has 0 amide bonds. The Morgan fingerprint density at radius 3 is 2.50 bits per heavy atom. The third kappa shape index (κ3) is 3.74. The van der Waals surface area contributed by atoms with Crippen molar-refractivity contribution in [2.75, 3.05) is 6.54 Å². The molecule has 0 spiro atoms. The molecule has 0 aliphatic carbocycles. The molecule has 1 aromatic rings. The molecule has 0 saturated heterocycles. The van der Waals surface area contributed by atoms with E-state index in [2.05, 4.69) is 26.1 Å². The zero-order valence-corrected chi connectivity index (χ0v) is 10.2. The minimum absolute atomic E-state index is 0.0927. The number of rotatable bonds is 5. The molecular formula is C13H21NO2. The Morgan fingerprint density at radius 1 is 1.25 bits per heavy atom. The second-order valence-corrected chi connectivity index (χ2v) is 4.93. The number of nitrogens with one attached hydrogen (secondary N) is 1. The Kier molecular flexibility index (Phi) is 4.19. The maximum Gasteiger partial charge on any atom is 0.123 e. The number of aromatic hydroxyl groups is 2. The van der Waals surface area contributed by atoms with Crippen LogP contribution in [0.1, 0.15) is 32.8 Å². The molecule has 1 rings (SSSR count). The summed E-state index contributed by atoms with van der Waals surface area (Å²) in [5.74, 6) is 0.233. The van der Waals surface area contributed by atoms with E-state index in [4.69, 9.17) is 5.11 Å². The monoisotopic (exact) mass is 223 g/mol. The second-order valence-electron chi connectivity index (χ2n) is 4.93. The summed E-state index contributed by atoms with van der Waals surface area (Å²) in [7, 11) is 0. The lowest BCUT2D eigenvalue weighted by Gasteiger charge is -2.23. The van der Waals surface area contributed by atoms with E-state index in [1.165, 1.54) is 6.07 Å². The summed E-state index contributed by atoms with van der Waals surface area (Å²) in [6.07, 6.45) is 1.11. The standard InChI is InChI=1S/C13H21NO2/c1-4-13(2,3)9-14-8-10-5-6-11(15)7-12(10)16/h5-7,14-16H,4,8-9H2,1-3H3. The number of hydrogen-bond acceptors (Lipinski definition) is 3. The van der Waals surface area contributed by atoms with E-state index in [1.54, 1.807) is 12.1 Å². The van der Waals surface area contributed by atoms with Gasteiger partial charge in [0.1, 0.15) is 11.5 Å². The van der Waals surface area contributed by atoms with Gasteiger partial charge >= 0.3 is 0 Å². The SMILES string of the molecule is CCC(C)(C)CNCc1ccc(O)cc1O. The van der Waals surface area contributed by atoms with Crippen molar-refractivity contribution in [2.45, 2.75) is 33.7 Å². The molecule has 16 heavy (non-hydrogen) atoms. The van der Waals surface area contributed by atoms with Gasteiger partial charge in [-0.25, -0.2) is 0 Å². The van der Waals surface area contributed by atoms with E-state index in [0.29, 0.717) is 6.54 Å². The van der Waals surface area contributed by atoms with Crippen molar-refractivity contribution in [3.63, 3.8) is 0 Å². The highest BCUT2D eigenvalue weighted by Gasteiger charge is 2.14. The van der Waals surface area contributed by atoms with Gasteiger partial charge in [-0.1, -0.05) is 26.8 Å². The average molecular weight is 223 g/mol. The second kappa shape index (κ2) is 5.21. The number of phenolic OH excluding ortho intramolecular Hbond substituents is 2. The van der Waals surface area contributed by atoms with E-state index < -0.39 is 0 Å². The van der Waals surface area contributed by atoms with Crippen LogP contribution >= 0.6 is 0 Å². The molecule has 0 heterocycles. The van der Waals surface area contributed by atoms with Gasteiger partial charge < -0.3 is 15.5 Å². The molecular weight excluding hydrogens is 202 g/mol. The first-order valence-electron chi connectivity index (χ1n) is 5.66. The van der Waals surface area contributed by atoms with E-state index in [0.717, 1.165) is 18.5 Å². The molecule has 0 fully saturated rings. The Bertz CT molecular complexity index is 348. The van der Waals surface area contributed by atoms with Crippen LogP contribution < -0.4 is 5.32 Å². The third-order valence-electron chi connectivity index (χ3n) is 2.94. The molecule has 0 aliphatic heterocycles. The van der Waals surface area contributed by atoms with Gasteiger partial charge in [-0.05, 0) is 17.9 Å². The molecule has 3 N–H and O–H groups in total. The number of benzene rings is 1. The highest BCUT2D eigenvalue weighted by molar-refractivity contribution is 5.38. The fourth-order valence-corrected chi connectivity index (χ4v) is 1.36. The van der Waals surface area contributed by atoms with Crippen molar-refractivity contribution in [2.24, 2.45) is 5.41 Å². The molecule has 3 heteroatoms. The van der Waals surface area contributed by atoms with Crippen LogP contribution in [0.3, 0.4) is 0 Å². The summed E-state index contributed by atoms with van der Waals surface area (Å²) in [5, 5.41) is 22.0. The fraction of sp³-hybridized carbons (Fsp3) is 0.538. The maximum absolute atomic E-state index is 9.58. The van der Waals surface area contributed by atoms with Crippen molar-refractivity contribution in [3.05, 3.63) is 23.8 Å². The predicted octanol–water partition coefficient (Wildman–Crippen LogP) is 2.62. The lowest BCUT2D eigenvalue weighted by Crippen LogP contribution is -2.28. The maximum atomic E-state index is 9.58. The molecule has 3 nitrogen and oxygen atoms in total. The molecule has 0 unspecified atom stereocenters. The molecule has 0 saturated carbocycles. The smallest absolute Gasteiger partial charge is 0.123 e. The van der Waals surface area contributed by atoms with E-state index in [1.807, 2.05) is 0 Å². The lowest BCUT2D eigenvalue weighted by atomic mass is 9.90. The molecule has 0 aromatic heterocycles. The number of hydrogen-bond donors (Lipinski definition) is 3. The van der Waals surface area contributed by atoms with Crippen LogP contribution in [-0.4, -0.2) is 16.8 Å². The Morgan fingerprint density at radius 2 is 1.94 bits per heavy atom. The summed E-state index contributed by atoms with van der Waals surface area (Å²) >= 11 is 0. The zero-order valence-electron chi connectivity index (χ0n) is 10.2. The Labute approximate surface area is 97.1 Å². The molecule has 0 atom stereocenters. The molecule has 1 aromatic carbocycles. The van der Waals surface area contributed by atoms with Crippen LogP contribution in [0.25, 0.3) is 0 Å². The lowest BCUT2D eigenvalue weighted by molar-refractivity contribution is 0.326. The normalized spacial score (nSPS) is 11.7. The number of phenols is 2.